The molecular formula is C22H29N3O4S2. The summed E-state index contributed by atoms with van der Waals surface area (Å²) in [6, 6.07) is 10.1. The summed E-state index contributed by atoms with van der Waals surface area (Å²) < 4.78 is 27.4. The van der Waals surface area contributed by atoms with Gasteiger partial charge in [-0.25, -0.2) is 8.42 Å². The monoisotopic (exact) mass is 463 g/mol. The molecule has 0 bridgehead atoms. The molecule has 1 aromatic carbocycles. The minimum atomic E-state index is -3.58. The van der Waals surface area contributed by atoms with Crippen LogP contribution < -0.4 is 4.72 Å². The Bertz CT molecular complexity index is 976. The van der Waals surface area contributed by atoms with Crippen molar-refractivity contribution in [3.8, 4) is 0 Å². The Labute approximate surface area is 188 Å². The average Bonchev–Trinajstić information content (AvgIpc) is 3.32. The van der Waals surface area contributed by atoms with Gasteiger partial charge >= 0.3 is 0 Å². The number of likely N-dealkylation sites (tertiary alicyclic amines) is 1. The van der Waals surface area contributed by atoms with Crippen molar-refractivity contribution in [2.75, 3.05) is 30.9 Å². The smallest absolute Gasteiger partial charge is 0.271 e. The number of amides is 2. The summed E-state index contributed by atoms with van der Waals surface area (Å²) >= 11 is 1.16. The van der Waals surface area contributed by atoms with Crippen LogP contribution in [-0.2, 0) is 26.0 Å². The van der Waals surface area contributed by atoms with Gasteiger partial charge in [0.15, 0.2) is 0 Å². The van der Waals surface area contributed by atoms with Crippen LogP contribution in [0.5, 0.6) is 0 Å². The highest BCUT2D eigenvalue weighted by Gasteiger charge is 2.29. The molecule has 9 heteroatoms. The Morgan fingerprint density at radius 3 is 2.29 bits per heavy atom. The van der Waals surface area contributed by atoms with Gasteiger partial charge < -0.3 is 9.80 Å². The number of anilines is 1. The minimum Gasteiger partial charge on any atom is -0.343 e. The van der Waals surface area contributed by atoms with Gasteiger partial charge in [0.1, 0.15) is 4.21 Å². The number of nitrogens with one attached hydrogen (secondary N) is 1. The predicted octanol–water partition coefficient (Wildman–Crippen LogP) is 3.20. The van der Waals surface area contributed by atoms with E-state index in [4.69, 9.17) is 0 Å². The highest BCUT2D eigenvalue weighted by Crippen LogP contribution is 2.22. The third kappa shape index (κ3) is 5.86. The normalized spacial score (nSPS) is 15.0. The molecule has 0 aliphatic carbocycles. The molecule has 31 heavy (non-hydrogen) atoms. The number of hydrogen-bond acceptors (Lipinski definition) is 5. The zero-order valence-electron chi connectivity index (χ0n) is 17.9. The summed E-state index contributed by atoms with van der Waals surface area (Å²) in [6.07, 6.45) is 1.65. The Kier molecular flexibility index (Phi) is 7.72. The maximum Gasteiger partial charge on any atom is 0.271 e. The van der Waals surface area contributed by atoms with E-state index in [1.807, 2.05) is 23.6 Å². The molecule has 0 atom stereocenters. The maximum atomic E-state index is 12.7. The second kappa shape index (κ2) is 10.3. The summed E-state index contributed by atoms with van der Waals surface area (Å²) in [4.78, 5) is 28.9. The van der Waals surface area contributed by atoms with Crippen LogP contribution in [0.15, 0.2) is 46.0 Å². The van der Waals surface area contributed by atoms with E-state index in [0.717, 1.165) is 16.9 Å². The first-order valence-electron chi connectivity index (χ1n) is 10.6. The standard InChI is InChI=1S/C22H29N3O4S2/c1-3-24(4-2)22(27)18-11-13-25(14-12-18)20(26)16-17-7-9-19(10-8-17)23-31(28,29)21-6-5-15-30-21/h5-10,15,18,23H,3-4,11-14,16H2,1-2H3. The molecule has 0 radical (unpaired) electrons. The molecule has 1 fully saturated rings. The van der Waals surface area contributed by atoms with E-state index in [2.05, 4.69) is 4.72 Å². The molecule has 0 unspecified atom stereocenters. The Morgan fingerprint density at radius 1 is 1.10 bits per heavy atom. The molecule has 1 saturated heterocycles. The van der Waals surface area contributed by atoms with Crippen molar-refractivity contribution >= 4 is 38.9 Å². The number of hydrogen-bond donors (Lipinski definition) is 1. The number of benzene rings is 1. The van der Waals surface area contributed by atoms with E-state index >= 15 is 0 Å². The SMILES string of the molecule is CCN(CC)C(=O)C1CCN(C(=O)Cc2ccc(NS(=O)(=O)c3cccs3)cc2)CC1. The largest absolute Gasteiger partial charge is 0.343 e. The van der Waals surface area contributed by atoms with Gasteiger partial charge in [-0.3, -0.25) is 14.3 Å². The van der Waals surface area contributed by atoms with Gasteiger partial charge in [0.25, 0.3) is 10.0 Å². The van der Waals surface area contributed by atoms with Crippen molar-refractivity contribution in [2.24, 2.45) is 5.92 Å². The molecule has 168 valence electrons. The fraction of sp³-hybridized carbons (Fsp3) is 0.455. The van der Waals surface area contributed by atoms with Crippen molar-refractivity contribution in [2.45, 2.75) is 37.3 Å². The molecular weight excluding hydrogens is 434 g/mol. The van der Waals surface area contributed by atoms with Crippen LogP contribution in [0.4, 0.5) is 5.69 Å². The minimum absolute atomic E-state index is 0.000368. The number of thiophene rings is 1. The van der Waals surface area contributed by atoms with E-state index in [9.17, 15) is 18.0 Å². The van der Waals surface area contributed by atoms with Gasteiger partial charge in [-0.05, 0) is 55.8 Å². The number of carbonyl (C=O) groups excluding carboxylic acids is 2. The molecule has 1 N–H and O–H groups in total. The number of sulfonamides is 1. The maximum absolute atomic E-state index is 12.7. The van der Waals surface area contributed by atoms with Crippen molar-refractivity contribution in [1.29, 1.82) is 0 Å². The molecule has 2 amide bonds. The molecule has 7 nitrogen and oxygen atoms in total. The Balaban J connectivity index is 1.52. The zero-order chi connectivity index (χ0) is 22.4. The molecule has 1 aliphatic rings. The highest BCUT2D eigenvalue weighted by atomic mass is 32.2. The lowest BCUT2D eigenvalue weighted by Gasteiger charge is -2.33. The topological polar surface area (TPSA) is 86.8 Å². The van der Waals surface area contributed by atoms with E-state index in [1.54, 1.807) is 41.8 Å². The summed E-state index contributed by atoms with van der Waals surface area (Å²) in [6.45, 7) is 6.59. The Morgan fingerprint density at radius 2 is 1.74 bits per heavy atom. The van der Waals surface area contributed by atoms with Crippen molar-refractivity contribution < 1.29 is 18.0 Å². The van der Waals surface area contributed by atoms with Crippen molar-refractivity contribution in [3.05, 3.63) is 47.3 Å². The number of nitrogens with zero attached hydrogens (tertiary/aromatic N) is 2. The van der Waals surface area contributed by atoms with Crippen LogP contribution in [0.2, 0.25) is 0 Å². The third-order valence-electron chi connectivity index (χ3n) is 5.59. The van der Waals surface area contributed by atoms with E-state index < -0.39 is 10.0 Å². The van der Waals surface area contributed by atoms with E-state index in [0.29, 0.717) is 44.7 Å². The fourth-order valence-electron chi connectivity index (χ4n) is 3.77. The number of piperidine rings is 1. The van der Waals surface area contributed by atoms with Crippen LogP contribution in [0.25, 0.3) is 0 Å². The zero-order valence-corrected chi connectivity index (χ0v) is 19.5. The first-order valence-corrected chi connectivity index (χ1v) is 12.9. The van der Waals surface area contributed by atoms with Gasteiger partial charge in [-0.1, -0.05) is 18.2 Å². The molecule has 0 saturated carbocycles. The van der Waals surface area contributed by atoms with Gasteiger partial charge in [-0.2, -0.15) is 0 Å². The first kappa shape index (κ1) is 23.3. The van der Waals surface area contributed by atoms with Crippen LogP contribution in [0.3, 0.4) is 0 Å². The molecule has 1 aliphatic heterocycles. The number of carbonyl (C=O) groups is 2. The second-order valence-electron chi connectivity index (χ2n) is 7.58. The molecule has 0 spiro atoms. The van der Waals surface area contributed by atoms with Gasteiger partial charge in [0.05, 0.1) is 6.42 Å². The van der Waals surface area contributed by atoms with Gasteiger partial charge in [0, 0.05) is 37.8 Å². The number of rotatable bonds is 8. The lowest BCUT2D eigenvalue weighted by atomic mass is 9.94. The molecule has 2 aromatic rings. The quantitative estimate of drug-likeness (QED) is 0.651. The third-order valence-corrected chi connectivity index (χ3v) is 8.37. The summed E-state index contributed by atoms with van der Waals surface area (Å²) in [5.74, 6) is 0.220. The average molecular weight is 464 g/mol. The summed E-state index contributed by atoms with van der Waals surface area (Å²) in [5.41, 5.74) is 1.28. The molecule has 1 aromatic heterocycles. The van der Waals surface area contributed by atoms with Crippen LogP contribution in [0, 0.1) is 5.92 Å². The van der Waals surface area contributed by atoms with E-state index in [-0.39, 0.29) is 28.4 Å². The lowest BCUT2D eigenvalue weighted by Crippen LogP contribution is -2.44. The first-order chi connectivity index (χ1) is 14.8. The van der Waals surface area contributed by atoms with Crippen LogP contribution >= 0.6 is 11.3 Å². The lowest BCUT2D eigenvalue weighted by molar-refractivity contribution is -0.140. The van der Waals surface area contributed by atoms with Gasteiger partial charge in [-0.15, -0.1) is 11.3 Å². The summed E-state index contributed by atoms with van der Waals surface area (Å²) in [7, 11) is -3.58. The van der Waals surface area contributed by atoms with Gasteiger partial charge in [0.2, 0.25) is 11.8 Å². The second-order valence-corrected chi connectivity index (χ2v) is 10.4. The van der Waals surface area contributed by atoms with Crippen LogP contribution in [-0.4, -0.2) is 56.2 Å². The van der Waals surface area contributed by atoms with E-state index in [1.165, 1.54) is 0 Å². The fourth-order valence-corrected chi connectivity index (χ4v) is 5.82. The highest BCUT2D eigenvalue weighted by molar-refractivity contribution is 7.94. The summed E-state index contributed by atoms with van der Waals surface area (Å²) in [5, 5.41) is 1.71. The van der Waals surface area contributed by atoms with Crippen LogP contribution in [0.1, 0.15) is 32.3 Å². The molecule has 3 rings (SSSR count). The van der Waals surface area contributed by atoms with Crippen molar-refractivity contribution in [3.63, 3.8) is 0 Å². The predicted molar refractivity (Wildman–Crippen MR) is 123 cm³/mol. The molecule has 2 heterocycles. The van der Waals surface area contributed by atoms with Crippen molar-refractivity contribution in [1.82, 2.24) is 9.80 Å². The Hall–Kier alpha value is -2.39.